The summed E-state index contributed by atoms with van der Waals surface area (Å²) >= 11 is 1.87. The van der Waals surface area contributed by atoms with E-state index in [-0.39, 0.29) is 0 Å². The van der Waals surface area contributed by atoms with Crippen molar-refractivity contribution >= 4 is 11.8 Å². The summed E-state index contributed by atoms with van der Waals surface area (Å²) in [5.74, 6) is 2.22. The smallest absolute Gasteiger partial charge is 0.0599 e. The van der Waals surface area contributed by atoms with Gasteiger partial charge in [-0.15, -0.1) is 0 Å². The fourth-order valence-corrected chi connectivity index (χ4v) is 1.40. The van der Waals surface area contributed by atoms with Gasteiger partial charge in [-0.05, 0) is 31.8 Å². The van der Waals surface area contributed by atoms with Gasteiger partial charge in [-0.2, -0.15) is 11.8 Å². The molecule has 0 saturated heterocycles. The zero-order valence-electron chi connectivity index (χ0n) is 6.48. The second kappa shape index (κ2) is 4.18. The molecule has 0 amide bonds. The topological polar surface area (TPSA) is 20.2 Å². The van der Waals surface area contributed by atoms with Crippen molar-refractivity contribution in [2.24, 2.45) is 0 Å². The van der Waals surface area contributed by atoms with Gasteiger partial charge in [-0.3, -0.25) is 0 Å². The van der Waals surface area contributed by atoms with Crippen LogP contribution in [0.25, 0.3) is 0 Å². The van der Waals surface area contributed by atoms with Crippen molar-refractivity contribution in [1.29, 1.82) is 0 Å². The predicted molar refractivity (Wildman–Crippen MR) is 43.9 cm³/mol. The SMILES string of the molecule is CCSCCC(C)(C)O. The van der Waals surface area contributed by atoms with E-state index in [9.17, 15) is 5.11 Å². The Kier molecular flexibility index (Phi) is 4.32. The molecule has 0 fully saturated rings. The molecular formula is C7H16OS. The summed E-state index contributed by atoms with van der Waals surface area (Å²) in [6.07, 6.45) is 0.894. The molecule has 0 aromatic carbocycles. The third-order valence-corrected chi connectivity index (χ3v) is 1.96. The summed E-state index contributed by atoms with van der Waals surface area (Å²) in [5, 5.41) is 9.23. The lowest BCUT2D eigenvalue weighted by molar-refractivity contribution is 0.0778. The van der Waals surface area contributed by atoms with Gasteiger partial charge in [0.2, 0.25) is 0 Å². The highest BCUT2D eigenvalue weighted by Crippen LogP contribution is 2.11. The van der Waals surface area contributed by atoms with Crippen LogP contribution in [0.3, 0.4) is 0 Å². The second-order valence-electron chi connectivity index (χ2n) is 2.76. The van der Waals surface area contributed by atoms with Gasteiger partial charge < -0.3 is 5.11 Å². The zero-order valence-corrected chi connectivity index (χ0v) is 7.29. The van der Waals surface area contributed by atoms with Gasteiger partial charge in [0.1, 0.15) is 0 Å². The monoisotopic (exact) mass is 148 g/mol. The Morgan fingerprint density at radius 2 is 2.00 bits per heavy atom. The van der Waals surface area contributed by atoms with Gasteiger partial charge in [-0.1, -0.05) is 6.92 Å². The molecule has 0 aromatic heterocycles. The highest BCUT2D eigenvalue weighted by atomic mass is 32.2. The molecule has 56 valence electrons. The van der Waals surface area contributed by atoms with E-state index in [1.807, 2.05) is 25.6 Å². The lowest BCUT2D eigenvalue weighted by atomic mass is 10.1. The molecule has 0 unspecified atom stereocenters. The van der Waals surface area contributed by atoms with Crippen LogP contribution in [-0.2, 0) is 0 Å². The van der Waals surface area contributed by atoms with Gasteiger partial charge in [0, 0.05) is 0 Å². The lowest BCUT2D eigenvalue weighted by Gasteiger charge is -2.15. The Bertz CT molecular complexity index is 65.8. The normalized spacial score (nSPS) is 12.0. The number of hydrogen-bond acceptors (Lipinski definition) is 2. The number of thioether (sulfide) groups is 1. The summed E-state index contributed by atoms with van der Waals surface area (Å²) in [4.78, 5) is 0. The van der Waals surface area contributed by atoms with Crippen molar-refractivity contribution in [3.05, 3.63) is 0 Å². The van der Waals surface area contributed by atoms with E-state index in [4.69, 9.17) is 0 Å². The fraction of sp³-hybridized carbons (Fsp3) is 1.00. The van der Waals surface area contributed by atoms with Gasteiger partial charge in [-0.25, -0.2) is 0 Å². The maximum absolute atomic E-state index is 9.23. The molecule has 0 aliphatic rings. The Labute approximate surface area is 61.8 Å². The quantitative estimate of drug-likeness (QED) is 0.614. The van der Waals surface area contributed by atoms with Crippen LogP contribution in [0.5, 0.6) is 0 Å². The van der Waals surface area contributed by atoms with E-state index in [1.54, 1.807) is 0 Å². The molecule has 0 aliphatic carbocycles. The summed E-state index contributed by atoms with van der Waals surface area (Å²) in [5.41, 5.74) is -0.470. The molecule has 0 radical (unpaired) electrons. The fourth-order valence-electron chi connectivity index (χ4n) is 0.466. The summed E-state index contributed by atoms with van der Waals surface area (Å²) < 4.78 is 0. The Hall–Kier alpha value is 0.310. The highest BCUT2D eigenvalue weighted by Gasteiger charge is 2.10. The maximum atomic E-state index is 9.23. The van der Waals surface area contributed by atoms with Crippen LogP contribution in [0.4, 0.5) is 0 Å². The number of hydrogen-bond donors (Lipinski definition) is 1. The van der Waals surface area contributed by atoms with E-state index in [0.717, 1.165) is 17.9 Å². The summed E-state index contributed by atoms with van der Waals surface area (Å²) in [6, 6.07) is 0. The van der Waals surface area contributed by atoms with Crippen molar-refractivity contribution in [2.75, 3.05) is 11.5 Å². The van der Waals surface area contributed by atoms with Gasteiger partial charge >= 0.3 is 0 Å². The minimum absolute atomic E-state index is 0.470. The van der Waals surface area contributed by atoms with E-state index in [0.29, 0.717) is 0 Å². The van der Waals surface area contributed by atoms with Crippen LogP contribution in [-0.4, -0.2) is 22.2 Å². The standard InChI is InChI=1S/C7H16OS/c1-4-9-6-5-7(2,3)8/h8H,4-6H2,1-3H3. The molecule has 2 heteroatoms. The molecule has 0 saturated carbocycles. The van der Waals surface area contributed by atoms with Crippen LogP contribution in [0.2, 0.25) is 0 Å². The minimum Gasteiger partial charge on any atom is -0.390 e. The van der Waals surface area contributed by atoms with Crippen molar-refractivity contribution in [3.63, 3.8) is 0 Å². The molecule has 0 atom stereocenters. The third-order valence-electron chi connectivity index (χ3n) is 1.06. The van der Waals surface area contributed by atoms with Crippen molar-refractivity contribution in [2.45, 2.75) is 32.8 Å². The Balaban J connectivity index is 3.07. The van der Waals surface area contributed by atoms with E-state index in [1.165, 1.54) is 0 Å². The first kappa shape index (κ1) is 9.31. The first-order chi connectivity index (χ1) is 4.06. The Morgan fingerprint density at radius 1 is 1.44 bits per heavy atom. The number of aliphatic hydroxyl groups is 1. The van der Waals surface area contributed by atoms with Crippen LogP contribution in [0, 0.1) is 0 Å². The molecule has 1 nitrogen and oxygen atoms in total. The van der Waals surface area contributed by atoms with E-state index >= 15 is 0 Å². The first-order valence-corrected chi connectivity index (χ1v) is 4.52. The van der Waals surface area contributed by atoms with Crippen LogP contribution >= 0.6 is 11.8 Å². The largest absolute Gasteiger partial charge is 0.390 e. The first-order valence-electron chi connectivity index (χ1n) is 3.36. The zero-order chi connectivity index (χ0) is 7.33. The molecule has 0 aliphatic heterocycles. The average molecular weight is 148 g/mol. The molecule has 0 rings (SSSR count). The summed E-state index contributed by atoms with van der Waals surface area (Å²) in [7, 11) is 0. The van der Waals surface area contributed by atoms with Crippen LogP contribution < -0.4 is 0 Å². The van der Waals surface area contributed by atoms with Gasteiger partial charge in [0.25, 0.3) is 0 Å². The number of rotatable bonds is 4. The maximum Gasteiger partial charge on any atom is 0.0599 e. The highest BCUT2D eigenvalue weighted by molar-refractivity contribution is 7.99. The van der Waals surface area contributed by atoms with E-state index in [2.05, 4.69) is 6.92 Å². The van der Waals surface area contributed by atoms with Crippen LogP contribution in [0.1, 0.15) is 27.2 Å². The molecule has 0 bridgehead atoms. The van der Waals surface area contributed by atoms with Crippen molar-refractivity contribution in [1.82, 2.24) is 0 Å². The van der Waals surface area contributed by atoms with E-state index < -0.39 is 5.60 Å². The minimum atomic E-state index is -0.470. The molecule has 0 spiro atoms. The summed E-state index contributed by atoms with van der Waals surface area (Å²) in [6.45, 7) is 5.83. The van der Waals surface area contributed by atoms with Crippen molar-refractivity contribution < 1.29 is 5.11 Å². The van der Waals surface area contributed by atoms with Crippen molar-refractivity contribution in [3.8, 4) is 0 Å². The van der Waals surface area contributed by atoms with Crippen LogP contribution in [0.15, 0.2) is 0 Å². The second-order valence-corrected chi connectivity index (χ2v) is 4.15. The molecule has 1 N–H and O–H groups in total. The van der Waals surface area contributed by atoms with Gasteiger partial charge in [0.15, 0.2) is 0 Å². The molecule has 0 heterocycles. The average Bonchev–Trinajstić information content (AvgIpc) is 1.63. The third kappa shape index (κ3) is 8.31. The molecule has 9 heavy (non-hydrogen) atoms. The Morgan fingerprint density at radius 3 is 2.33 bits per heavy atom. The lowest BCUT2D eigenvalue weighted by Crippen LogP contribution is -2.19. The predicted octanol–water partition coefficient (Wildman–Crippen LogP) is 1.90. The molecular weight excluding hydrogens is 132 g/mol. The van der Waals surface area contributed by atoms with Gasteiger partial charge in [0.05, 0.1) is 5.60 Å². The molecule has 0 aromatic rings.